The van der Waals surface area contributed by atoms with Gasteiger partial charge in [-0.2, -0.15) is 10.1 Å². The largest absolute Gasteiger partial charge is 0.326 e. The monoisotopic (exact) mass is 500 g/mol. The molecule has 0 aliphatic carbocycles. The van der Waals surface area contributed by atoms with Crippen molar-refractivity contribution in [1.82, 2.24) is 5.01 Å². The van der Waals surface area contributed by atoms with E-state index >= 15 is 0 Å². The lowest BCUT2D eigenvalue weighted by atomic mass is 9.99. The summed E-state index contributed by atoms with van der Waals surface area (Å²) in [5.41, 5.74) is 5.52. The van der Waals surface area contributed by atoms with E-state index in [-0.39, 0.29) is 30.1 Å². The molecular weight excluding hydrogens is 475 g/mol. The van der Waals surface area contributed by atoms with E-state index in [1.165, 1.54) is 23.9 Å². The summed E-state index contributed by atoms with van der Waals surface area (Å²) in [4.78, 5) is 29.8. The molecule has 6 nitrogen and oxygen atoms in total. The van der Waals surface area contributed by atoms with Crippen LogP contribution in [0.25, 0.3) is 0 Å². The molecule has 8 heteroatoms. The second-order valence-corrected chi connectivity index (χ2v) is 10.1. The Morgan fingerprint density at radius 1 is 1.08 bits per heavy atom. The molecule has 36 heavy (non-hydrogen) atoms. The number of nitrogens with one attached hydrogen (secondary N) is 1. The van der Waals surface area contributed by atoms with Crippen LogP contribution < -0.4 is 5.32 Å². The van der Waals surface area contributed by atoms with Crippen LogP contribution in [0.4, 0.5) is 10.1 Å². The fraction of sp³-hybridized carbons (Fsp3) is 0.214. The number of aryl methyl sites for hydroxylation is 2. The molecule has 2 amide bonds. The normalized spacial score (nSPS) is 19.3. The molecule has 0 saturated carbocycles. The predicted molar refractivity (Wildman–Crippen MR) is 142 cm³/mol. The standard InChI is InChI=1S/C28H25FN4O2S/c1-17-8-13-22(18(2)14-17)30-26(34)16-25-27(35)31-28(36-25)33-24(20-9-11-21(29)12-10-20)15-23(32-33)19-6-4-3-5-7-19/h3-14,24-25H,15-16H2,1-2H3,(H,30,34)/t24-,25-/m1/s1. The minimum Gasteiger partial charge on any atom is -0.326 e. The molecule has 2 heterocycles. The van der Waals surface area contributed by atoms with Crippen molar-refractivity contribution < 1.29 is 14.0 Å². The van der Waals surface area contributed by atoms with Crippen molar-refractivity contribution in [2.75, 3.05) is 5.32 Å². The quantitative estimate of drug-likeness (QED) is 0.493. The van der Waals surface area contributed by atoms with Crippen LogP contribution in [-0.2, 0) is 9.59 Å². The number of hydrogen-bond donors (Lipinski definition) is 1. The minimum absolute atomic E-state index is 0.00806. The third-order valence-corrected chi connectivity index (χ3v) is 7.37. The number of thioether (sulfide) groups is 1. The number of hydrogen-bond acceptors (Lipinski definition) is 5. The highest BCUT2D eigenvalue weighted by Crippen LogP contribution is 2.38. The summed E-state index contributed by atoms with van der Waals surface area (Å²) >= 11 is 1.24. The molecule has 1 N–H and O–H groups in total. The summed E-state index contributed by atoms with van der Waals surface area (Å²) in [7, 11) is 0. The average Bonchev–Trinajstić information content (AvgIpc) is 3.46. The van der Waals surface area contributed by atoms with Gasteiger partial charge in [0.15, 0.2) is 5.17 Å². The van der Waals surface area contributed by atoms with Gasteiger partial charge in [0.05, 0.1) is 11.8 Å². The van der Waals surface area contributed by atoms with E-state index in [1.807, 2.05) is 62.4 Å². The number of carbonyl (C=O) groups is 2. The maximum atomic E-state index is 13.6. The number of carbonyl (C=O) groups excluding carboxylic acids is 2. The van der Waals surface area contributed by atoms with Crippen molar-refractivity contribution in [3.8, 4) is 0 Å². The smallest absolute Gasteiger partial charge is 0.262 e. The van der Waals surface area contributed by atoms with Gasteiger partial charge in [-0.15, -0.1) is 0 Å². The fourth-order valence-electron chi connectivity index (χ4n) is 4.36. The third kappa shape index (κ3) is 5.09. The Morgan fingerprint density at radius 2 is 1.83 bits per heavy atom. The molecule has 0 bridgehead atoms. The number of amides is 2. The van der Waals surface area contributed by atoms with Gasteiger partial charge < -0.3 is 5.32 Å². The molecule has 182 valence electrons. The van der Waals surface area contributed by atoms with Crippen LogP contribution in [0, 0.1) is 19.7 Å². The molecule has 0 radical (unpaired) electrons. The number of anilines is 1. The Balaban J connectivity index is 1.34. The molecule has 0 saturated heterocycles. The molecule has 2 aliphatic heterocycles. The summed E-state index contributed by atoms with van der Waals surface area (Å²) in [5.74, 6) is -0.911. The maximum absolute atomic E-state index is 13.6. The van der Waals surface area contributed by atoms with Crippen LogP contribution in [-0.4, -0.2) is 33.0 Å². The van der Waals surface area contributed by atoms with E-state index in [2.05, 4.69) is 10.3 Å². The van der Waals surface area contributed by atoms with E-state index in [1.54, 1.807) is 17.1 Å². The summed E-state index contributed by atoms with van der Waals surface area (Å²) in [6.45, 7) is 3.93. The highest BCUT2D eigenvalue weighted by atomic mass is 32.2. The van der Waals surface area contributed by atoms with Crippen molar-refractivity contribution in [3.63, 3.8) is 0 Å². The molecule has 3 aromatic rings. The Hall–Kier alpha value is -3.78. The van der Waals surface area contributed by atoms with Crippen LogP contribution >= 0.6 is 11.8 Å². The van der Waals surface area contributed by atoms with Gasteiger partial charge in [-0.1, -0.05) is 71.9 Å². The number of halogens is 1. The van der Waals surface area contributed by atoms with Gasteiger partial charge >= 0.3 is 0 Å². The number of nitrogens with zero attached hydrogens (tertiary/aromatic N) is 3. The van der Waals surface area contributed by atoms with Crippen molar-refractivity contribution in [3.05, 3.63) is 101 Å². The number of rotatable bonds is 5. The zero-order valence-corrected chi connectivity index (χ0v) is 20.8. The van der Waals surface area contributed by atoms with Gasteiger partial charge in [-0.25, -0.2) is 9.40 Å². The molecule has 0 spiro atoms. The Kier molecular flexibility index (Phi) is 6.69. The van der Waals surface area contributed by atoms with Crippen LogP contribution in [0.2, 0.25) is 0 Å². The van der Waals surface area contributed by atoms with Crippen LogP contribution in [0.3, 0.4) is 0 Å². The molecule has 2 atom stereocenters. The highest BCUT2D eigenvalue weighted by molar-refractivity contribution is 8.15. The Morgan fingerprint density at radius 3 is 2.56 bits per heavy atom. The summed E-state index contributed by atoms with van der Waals surface area (Å²) < 4.78 is 13.6. The van der Waals surface area contributed by atoms with Crippen molar-refractivity contribution >= 4 is 40.1 Å². The average molecular weight is 501 g/mol. The van der Waals surface area contributed by atoms with Crippen molar-refractivity contribution in [2.45, 2.75) is 38.0 Å². The Labute approximate surface area is 213 Å². The number of benzene rings is 3. The second kappa shape index (κ2) is 10.1. The minimum atomic E-state index is -0.629. The number of hydrazone groups is 1. The van der Waals surface area contributed by atoms with E-state index in [0.717, 1.165) is 33.7 Å². The molecular formula is C28H25FN4O2S. The SMILES string of the molecule is Cc1ccc(NC(=O)C[C@H]2SC(N3N=C(c4ccccc4)C[C@@H]3c3ccc(F)cc3)=NC2=O)c(C)c1. The second-order valence-electron chi connectivity index (χ2n) is 8.94. The lowest BCUT2D eigenvalue weighted by Gasteiger charge is -2.23. The first kappa shape index (κ1) is 23.9. The van der Waals surface area contributed by atoms with Crippen LogP contribution in [0.1, 0.15) is 41.1 Å². The van der Waals surface area contributed by atoms with Gasteiger partial charge in [0.25, 0.3) is 5.91 Å². The first-order valence-electron chi connectivity index (χ1n) is 11.7. The Bertz CT molecular complexity index is 1370. The molecule has 3 aromatic carbocycles. The van der Waals surface area contributed by atoms with Crippen LogP contribution in [0.5, 0.6) is 0 Å². The maximum Gasteiger partial charge on any atom is 0.262 e. The lowest BCUT2D eigenvalue weighted by Crippen LogP contribution is -2.25. The molecule has 0 fully saturated rings. The molecule has 5 rings (SSSR count). The highest BCUT2D eigenvalue weighted by Gasteiger charge is 2.39. The first-order valence-corrected chi connectivity index (χ1v) is 12.6. The van der Waals surface area contributed by atoms with E-state index in [9.17, 15) is 14.0 Å². The van der Waals surface area contributed by atoms with E-state index < -0.39 is 5.25 Å². The van der Waals surface area contributed by atoms with Gasteiger partial charge in [-0.3, -0.25) is 9.59 Å². The lowest BCUT2D eigenvalue weighted by molar-refractivity contribution is -0.121. The predicted octanol–water partition coefficient (Wildman–Crippen LogP) is 5.62. The zero-order chi connectivity index (χ0) is 25.2. The summed E-state index contributed by atoms with van der Waals surface area (Å²) in [5, 5.41) is 9.27. The van der Waals surface area contributed by atoms with Gasteiger partial charge in [0.2, 0.25) is 5.91 Å². The van der Waals surface area contributed by atoms with Gasteiger partial charge in [0, 0.05) is 18.5 Å². The number of amidine groups is 1. The summed E-state index contributed by atoms with van der Waals surface area (Å²) in [6, 6.07) is 21.7. The topological polar surface area (TPSA) is 74.1 Å². The third-order valence-electron chi connectivity index (χ3n) is 6.22. The number of aliphatic imine (C=N–C) groups is 1. The molecule has 0 aromatic heterocycles. The first-order chi connectivity index (χ1) is 17.4. The van der Waals surface area contributed by atoms with Crippen molar-refractivity contribution in [1.29, 1.82) is 0 Å². The fourth-order valence-corrected chi connectivity index (χ4v) is 5.43. The van der Waals surface area contributed by atoms with E-state index in [0.29, 0.717) is 11.6 Å². The molecule has 2 aliphatic rings. The van der Waals surface area contributed by atoms with Crippen LogP contribution in [0.15, 0.2) is 82.9 Å². The van der Waals surface area contributed by atoms with E-state index in [4.69, 9.17) is 5.10 Å². The molecule has 0 unspecified atom stereocenters. The zero-order valence-electron chi connectivity index (χ0n) is 19.9. The summed E-state index contributed by atoms with van der Waals surface area (Å²) in [6.07, 6.45) is 0.593. The van der Waals surface area contributed by atoms with Gasteiger partial charge in [0.1, 0.15) is 11.1 Å². The van der Waals surface area contributed by atoms with Crippen molar-refractivity contribution in [2.24, 2.45) is 10.1 Å². The van der Waals surface area contributed by atoms with Gasteiger partial charge in [-0.05, 0) is 48.7 Å².